The van der Waals surface area contributed by atoms with Gasteiger partial charge in [-0.25, -0.2) is 9.59 Å². The number of allylic oxidation sites excluding steroid dienone is 1. The molecule has 15 heavy (non-hydrogen) atoms. The number of nitrogens with one attached hydrogen (secondary N) is 2. The summed E-state index contributed by atoms with van der Waals surface area (Å²) in [5.74, 6) is 0. The van der Waals surface area contributed by atoms with Gasteiger partial charge in [-0.1, -0.05) is 12.2 Å². The Morgan fingerprint density at radius 3 is 2.20 bits per heavy atom. The minimum atomic E-state index is -1.17. The molecule has 0 spiro atoms. The Morgan fingerprint density at radius 1 is 1.27 bits per heavy atom. The van der Waals surface area contributed by atoms with Gasteiger partial charge < -0.3 is 20.8 Å². The maximum absolute atomic E-state index is 10.5. The van der Waals surface area contributed by atoms with Gasteiger partial charge in [0.15, 0.2) is 0 Å². The lowest BCUT2D eigenvalue weighted by atomic mass is 10.1. The second-order valence-corrected chi connectivity index (χ2v) is 3.10. The number of hydrogen-bond acceptors (Lipinski definition) is 2. The number of hydrogen-bond donors (Lipinski definition) is 4. The van der Waals surface area contributed by atoms with E-state index in [9.17, 15) is 9.59 Å². The summed E-state index contributed by atoms with van der Waals surface area (Å²) in [5.41, 5.74) is 0. The van der Waals surface area contributed by atoms with Crippen LogP contribution in [0.1, 0.15) is 20.3 Å². The maximum Gasteiger partial charge on any atom is 0.404 e. The molecule has 2 atom stereocenters. The molecule has 0 radical (unpaired) electrons. The molecule has 0 rings (SSSR count). The van der Waals surface area contributed by atoms with Crippen molar-refractivity contribution < 1.29 is 19.8 Å². The van der Waals surface area contributed by atoms with Gasteiger partial charge in [0.25, 0.3) is 0 Å². The molecule has 0 heterocycles. The second kappa shape index (κ2) is 6.69. The molecule has 0 fully saturated rings. The van der Waals surface area contributed by atoms with Crippen LogP contribution in [0, 0.1) is 0 Å². The van der Waals surface area contributed by atoms with Crippen LogP contribution >= 0.6 is 0 Å². The summed E-state index contributed by atoms with van der Waals surface area (Å²) < 4.78 is 0. The van der Waals surface area contributed by atoms with Crippen LogP contribution in [0.15, 0.2) is 12.2 Å². The lowest BCUT2D eigenvalue weighted by Gasteiger charge is -2.22. The molecule has 6 nitrogen and oxygen atoms in total. The van der Waals surface area contributed by atoms with Crippen LogP contribution in [-0.2, 0) is 0 Å². The summed E-state index contributed by atoms with van der Waals surface area (Å²) in [5, 5.41) is 21.5. The SMILES string of the molecule is CC=CCC(NC(=O)O)C(C)NC(=O)O. The van der Waals surface area contributed by atoms with Crippen molar-refractivity contribution in [2.75, 3.05) is 0 Å². The third-order valence-corrected chi connectivity index (χ3v) is 1.89. The normalized spacial score (nSPS) is 14.5. The molecule has 0 aromatic rings. The van der Waals surface area contributed by atoms with Crippen molar-refractivity contribution in [2.45, 2.75) is 32.4 Å². The highest BCUT2D eigenvalue weighted by molar-refractivity contribution is 5.66. The smallest absolute Gasteiger partial charge is 0.404 e. The topological polar surface area (TPSA) is 98.7 Å². The van der Waals surface area contributed by atoms with Gasteiger partial charge in [-0.2, -0.15) is 0 Å². The van der Waals surface area contributed by atoms with Gasteiger partial charge in [0, 0.05) is 6.04 Å². The average Bonchev–Trinajstić information content (AvgIpc) is 2.10. The van der Waals surface area contributed by atoms with Crippen LogP contribution in [0.4, 0.5) is 9.59 Å². The first-order chi connectivity index (χ1) is 6.97. The van der Waals surface area contributed by atoms with E-state index in [0.29, 0.717) is 6.42 Å². The van der Waals surface area contributed by atoms with E-state index in [4.69, 9.17) is 10.2 Å². The third-order valence-electron chi connectivity index (χ3n) is 1.89. The van der Waals surface area contributed by atoms with E-state index in [2.05, 4.69) is 10.6 Å². The fourth-order valence-corrected chi connectivity index (χ4v) is 1.12. The van der Waals surface area contributed by atoms with Crippen molar-refractivity contribution in [1.82, 2.24) is 10.6 Å². The average molecular weight is 216 g/mol. The van der Waals surface area contributed by atoms with Crippen molar-refractivity contribution in [3.05, 3.63) is 12.2 Å². The van der Waals surface area contributed by atoms with E-state index in [1.54, 1.807) is 19.1 Å². The van der Waals surface area contributed by atoms with Crippen LogP contribution in [-0.4, -0.2) is 34.5 Å². The van der Waals surface area contributed by atoms with Crippen LogP contribution in [0.2, 0.25) is 0 Å². The molecule has 0 saturated heterocycles. The predicted octanol–water partition coefficient (Wildman–Crippen LogP) is 1.24. The minimum Gasteiger partial charge on any atom is -0.465 e. The van der Waals surface area contributed by atoms with E-state index in [1.807, 2.05) is 6.92 Å². The van der Waals surface area contributed by atoms with Gasteiger partial charge in [-0.05, 0) is 20.3 Å². The molecular weight excluding hydrogens is 200 g/mol. The first-order valence-corrected chi connectivity index (χ1v) is 4.57. The van der Waals surface area contributed by atoms with Crippen molar-refractivity contribution >= 4 is 12.2 Å². The van der Waals surface area contributed by atoms with Gasteiger partial charge in [0.05, 0.1) is 6.04 Å². The van der Waals surface area contributed by atoms with E-state index in [1.165, 1.54) is 0 Å². The molecule has 0 saturated carbocycles. The first kappa shape index (κ1) is 13.3. The monoisotopic (exact) mass is 216 g/mol. The summed E-state index contributed by atoms with van der Waals surface area (Å²) in [6.07, 6.45) is 1.68. The van der Waals surface area contributed by atoms with Crippen molar-refractivity contribution in [2.24, 2.45) is 0 Å². The zero-order chi connectivity index (χ0) is 11.8. The van der Waals surface area contributed by atoms with Gasteiger partial charge in [0.2, 0.25) is 0 Å². The highest BCUT2D eigenvalue weighted by Gasteiger charge is 2.19. The Balaban J connectivity index is 4.31. The molecule has 0 aliphatic carbocycles. The van der Waals surface area contributed by atoms with Gasteiger partial charge in [-0.15, -0.1) is 0 Å². The molecule has 6 heteroatoms. The minimum absolute atomic E-state index is 0.449. The number of carbonyl (C=O) groups is 2. The number of amides is 2. The lowest BCUT2D eigenvalue weighted by molar-refractivity contribution is 0.177. The summed E-state index contributed by atoms with van der Waals surface area (Å²) in [6, 6.07) is -0.940. The molecule has 0 aromatic heterocycles. The van der Waals surface area contributed by atoms with Gasteiger partial charge in [-0.3, -0.25) is 0 Å². The lowest BCUT2D eigenvalue weighted by Crippen LogP contribution is -2.49. The molecule has 2 unspecified atom stereocenters. The predicted molar refractivity (Wildman–Crippen MR) is 55.0 cm³/mol. The summed E-state index contributed by atoms with van der Waals surface area (Å²) in [7, 11) is 0. The first-order valence-electron chi connectivity index (χ1n) is 4.57. The maximum atomic E-state index is 10.5. The zero-order valence-corrected chi connectivity index (χ0v) is 8.73. The Morgan fingerprint density at radius 2 is 1.80 bits per heavy atom. The van der Waals surface area contributed by atoms with Crippen molar-refractivity contribution in [1.29, 1.82) is 0 Å². The Kier molecular flexibility index (Phi) is 5.92. The molecular formula is C9H16N2O4. The largest absolute Gasteiger partial charge is 0.465 e. The molecule has 86 valence electrons. The molecule has 0 aromatic carbocycles. The summed E-state index contributed by atoms with van der Waals surface area (Å²) in [6.45, 7) is 3.42. The van der Waals surface area contributed by atoms with Crippen LogP contribution in [0.5, 0.6) is 0 Å². The summed E-state index contributed by atoms with van der Waals surface area (Å²) >= 11 is 0. The van der Waals surface area contributed by atoms with Crippen LogP contribution in [0.25, 0.3) is 0 Å². The molecule has 0 aliphatic heterocycles. The van der Waals surface area contributed by atoms with Crippen molar-refractivity contribution in [3.63, 3.8) is 0 Å². The fourth-order valence-electron chi connectivity index (χ4n) is 1.12. The quantitative estimate of drug-likeness (QED) is 0.519. The van der Waals surface area contributed by atoms with E-state index in [-0.39, 0.29) is 0 Å². The van der Waals surface area contributed by atoms with Crippen LogP contribution in [0.3, 0.4) is 0 Å². The molecule has 0 aliphatic rings. The molecule has 4 N–H and O–H groups in total. The molecule has 2 amide bonds. The fraction of sp³-hybridized carbons (Fsp3) is 0.556. The molecule has 0 bridgehead atoms. The Hall–Kier alpha value is -1.72. The number of rotatable bonds is 5. The van der Waals surface area contributed by atoms with E-state index in [0.717, 1.165) is 0 Å². The summed E-state index contributed by atoms with van der Waals surface area (Å²) in [4.78, 5) is 20.8. The number of carboxylic acid groups (broad SMARTS) is 2. The Labute approximate surface area is 88.0 Å². The van der Waals surface area contributed by atoms with E-state index >= 15 is 0 Å². The van der Waals surface area contributed by atoms with Crippen molar-refractivity contribution in [3.8, 4) is 0 Å². The highest BCUT2D eigenvalue weighted by Crippen LogP contribution is 2.00. The van der Waals surface area contributed by atoms with Gasteiger partial charge >= 0.3 is 12.2 Å². The highest BCUT2D eigenvalue weighted by atomic mass is 16.4. The standard InChI is InChI=1S/C9H16N2O4/c1-3-4-5-7(11-9(14)15)6(2)10-8(12)13/h3-4,6-7,10-11H,5H2,1-2H3,(H,12,13)(H,14,15). The zero-order valence-electron chi connectivity index (χ0n) is 8.73. The Bertz CT molecular complexity index is 252. The van der Waals surface area contributed by atoms with Crippen LogP contribution < -0.4 is 10.6 Å². The third kappa shape index (κ3) is 6.36. The second-order valence-electron chi connectivity index (χ2n) is 3.10. The van der Waals surface area contributed by atoms with E-state index < -0.39 is 24.3 Å². The van der Waals surface area contributed by atoms with Gasteiger partial charge in [0.1, 0.15) is 0 Å².